The van der Waals surface area contributed by atoms with Gasteiger partial charge in [0.25, 0.3) is 0 Å². The first-order valence-corrected chi connectivity index (χ1v) is 7.82. The average molecular weight is 328 g/mol. The molecule has 3 heterocycles. The standard InChI is InChI=1S/C17H17FN4O2/c1-9(2)22-15-12(8-19-22)17(7-14(23)20-15)11-6-10(18)4-5-13(11)21(3)16(17)24/h4-6,8-9H,7H2,1-3H3,(H,20,23). The van der Waals surface area contributed by atoms with E-state index >= 15 is 0 Å². The van der Waals surface area contributed by atoms with Crippen LogP contribution in [0, 0.1) is 5.82 Å². The summed E-state index contributed by atoms with van der Waals surface area (Å²) in [6.45, 7) is 3.88. The average Bonchev–Trinajstić information content (AvgIpc) is 3.03. The number of carbonyl (C=O) groups is 2. The third-order valence-electron chi connectivity index (χ3n) is 4.88. The Bertz CT molecular complexity index is 889. The molecule has 24 heavy (non-hydrogen) atoms. The van der Waals surface area contributed by atoms with Crippen LogP contribution in [0.2, 0.25) is 0 Å². The molecule has 2 aliphatic heterocycles. The van der Waals surface area contributed by atoms with Gasteiger partial charge in [0.2, 0.25) is 11.8 Å². The highest BCUT2D eigenvalue weighted by molar-refractivity contribution is 6.15. The zero-order valence-corrected chi connectivity index (χ0v) is 13.6. The maximum absolute atomic E-state index is 13.9. The smallest absolute Gasteiger partial charge is 0.242 e. The van der Waals surface area contributed by atoms with Crippen molar-refractivity contribution in [1.29, 1.82) is 0 Å². The third-order valence-corrected chi connectivity index (χ3v) is 4.88. The summed E-state index contributed by atoms with van der Waals surface area (Å²) in [7, 11) is 1.65. The summed E-state index contributed by atoms with van der Waals surface area (Å²) in [5, 5.41) is 7.16. The molecule has 0 fully saturated rings. The first-order chi connectivity index (χ1) is 11.4. The fraction of sp³-hybridized carbons (Fsp3) is 0.353. The minimum absolute atomic E-state index is 0.0189. The number of amides is 2. The zero-order chi connectivity index (χ0) is 17.2. The van der Waals surface area contributed by atoms with E-state index in [1.807, 2.05) is 13.8 Å². The molecule has 1 atom stereocenters. The Morgan fingerprint density at radius 3 is 2.75 bits per heavy atom. The van der Waals surface area contributed by atoms with Crippen LogP contribution in [0.4, 0.5) is 15.9 Å². The highest BCUT2D eigenvalue weighted by atomic mass is 19.1. The van der Waals surface area contributed by atoms with Gasteiger partial charge in [0.15, 0.2) is 0 Å². The van der Waals surface area contributed by atoms with E-state index in [2.05, 4.69) is 10.4 Å². The number of carbonyl (C=O) groups excluding carboxylic acids is 2. The first-order valence-electron chi connectivity index (χ1n) is 7.82. The van der Waals surface area contributed by atoms with E-state index in [9.17, 15) is 14.0 Å². The number of fused-ring (bicyclic) bond motifs is 4. The van der Waals surface area contributed by atoms with E-state index in [0.717, 1.165) is 0 Å². The Kier molecular flexibility index (Phi) is 2.88. The molecule has 0 bridgehead atoms. The number of nitrogens with zero attached hydrogens (tertiary/aromatic N) is 3. The molecule has 2 aliphatic rings. The molecule has 1 N–H and O–H groups in total. The molecule has 2 aromatic rings. The van der Waals surface area contributed by atoms with Crippen LogP contribution < -0.4 is 10.2 Å². The Labute approximate surface area is 138 Å². The fourth-order valence-corrected chi connectivity index (χ4v) is 3.79. The lowest BCUT2D eigenvalue weighted by molar-refractivity contribution is -0.126. The Morgan fingerprint density at radius 2 is 2.04 bits per heavy atom. The topological polar surface area (TPSA) is 67.2 Å². The van der Waals surface area contributed by atoms with Gasteiger partial charge in [-0.3, -0.25) is 9.59 Å². The number of rotatable bonds is 1. The van der Waals surface area contributed by atoms with Crippen molar-refractivity contribution in [3.05, 3.63) is 41.3 Å². The monoisotopic (exact) mass is 328 g/mol. The van der Waals surface area contributed by atoms with E-state index in [4.69, 9.17) is 0 Å². The Morgan fingerprint density at radius 1 is 1.29 bits per heavy atom. The molecule has 1 aromatic heterocycles. The van der Waals surface area contributed by atoms with Crippen molar-refractivity contribution in [3.8, 4) is 0 Å². The lowest BCUT2D eigenvalue weighted by Gasteiger charge is -2.32. The molecular formula is C17H17FN4O2. The number of benzene rings is 1. The van der Waals surface area contributed by atoms with Crippen molar-refractivity contribution in [2.75, 3.05) is 17.3 Å². The van der Waals surface area contributed by atoms with Gasteiger partial charge < -0.3 is 10.2 Å². The maximum atomic E-state index is 13.9. The summed E-state index contributed by atoms with van der Waals surface area (Å²) in [6, 6.07) is 4.27. The predicted octanol–water partition coefficient (Wildman–Crippen LogP) is 2.21. The Balaban J connectivity index is 2.05. The largest absolute Gasteiger partial charge is 0.314 e. The summed E-state index contributed by atoms with van der Waals surface area (Å²) >= 11 is 0. The minimum atomic E-state index is -1.21. The van der Waals surface area contributed by atoms with E-state index in [0.29, 0.717) is 22.6 Å². The molecule has 0 saturated carbocycles. The molecule has 0 radical (unpaired) electrons. The van der Waals surface area contributed by atoms with E-state index in [1.54, 1.807) is 24.0 Å². The van der Waals surface area contributed by atoms with Gasteiger partial charge >= 0.3 is 0 Å². The number of hydrogen-bond donors (Lipinski definition) is 1. The second-order valence-electron chi connectivity index (χ2n) is 6.60. The number of likely N-dealkylation sites (N-methyl/N-ethyl adjacent to an activating group) is 1. The Hall–Kier alpha value is -2.70. The molecule has 1 aromatic carbocycles. The SMILES string of the molecule is CC(C)n1ncc2c1NC(=O)CC21C(=O)N(C)c2ccc(F)cc21. The summed E-state index contributed by atoms with van der Waals surface area (Å²) in [6.07, 6.45) is 1.56. The second-order valence-corrected chi connectivity index (χ2v) is 6.60. The van der Waals surface area contributed by atoms with Crippen LogP contribution in [-0.2, 0) is 15.0 Å². The summed E-state index contributed by atoms with van der Waals surface area (Å²) in [5.41, 5.74) is 0.558. The third kappa shape index (κ3) is 1.67. The molecule has 7 heteroatoms. The normalized spacial score (nSPS) is 22.1. The number of halogens is 1. The molecular weight excluding hydrogens is 311 g/mol. The second kappa shape index (κ2) is 4.66. The van der Waals surface area contributed by atoms with Crippen LogP contribution in [0.5, 0.6) is 0 Å². The van der Waals surface area contributed by atoms with Crippen LogP contribution in [0.25, 0.3) is 0 Å². The fourth-order valence-electron chi connectivity index (χ4n) is 3.79. The van der Waals surface area contributed by atoms with Gasteiger partial charge in [0, 0.05) is 30.8 Å². The van der Waals surface area contributed by atoms with Crippen molar-refractivity contribution in [1.82, 2.24) is 9.78 Å². The van der Waals surface area contributed by atoms with Gasteiger partial charge in [-0.05, 0) is 37.6 Å². The van der Waals surface area contributed by atoms with Crippen molar-refractivity contribution >= 4 is 23.3 Å². The van der Waals surface area contributed by atoms with Crippen LogP contribution in [-0.4, -0.2) is 28.6 Å². The van der Waals surface area contributed by atoms with Crippen molar-refractivity contribution < 1.29 is 14.0 Å². The highest BCUT2D eigenvalue weighted by Gasteiger charge is 2.56. The first kappa shape index (κ1) is 14.9. The highest BCUT2D eigenvalue weighted by Crippen LogP contribution is 2.52. The van der Waals surface area contributed by atoms with Crippen molar-refractivity contribution in [2.24, 2.45) is 0 Å². The molecule has 0 aliphatic carbocycles. The van der Waals surface area contributed by atoms with Crippen LogP contribution in [0.1, 0.15) is 37.4 Å². The van der Waals surface area contributed by atoms with Crippen molar-refractivity contribution in [3.63, 3.8) is 0 Å². The molecule has 0 saturated heterocycles. The molecule has 1 unspecified atom stereocenters. The summed E-state index contributed by atoms with van der Waals surface area (Å²) in [4.78, 5) is 27.0. The number of nitrogens with one attached hydrogen (secondary N) is 1. The molecule has 6 nitrogen and oxygen atoms in total. The number of hydrogen-bond acceptors (Lipinski definition) is 3. The quantitative estimate of drug-likeness (QED) is 0.873. The predicted molar refractivity (Wildman–Crippen MR) is 86.4 cm³/mol. The van der Waals surface area contributed by atoms with Gasteiger partial charge in [-0.1, -0.05) is 0 Å². The lowest BCUT2D eigenvalue weighted by atomic mass is 9.72. The number of anilines is 2. The van der Waals surface area contributed by atoms with E-state index in [-0.39, 0.29) is 24.3 Å². The zero-order valence-electron chi connectivity index (χ0n) is 13.6. The van der Waals surface area contributed by atoms with Crippen molar-refractivity contribution in [2.45, 2.75) is 31.7 Å². The van der Waals surface area contributed by atoms with Crippen LogP contribution in [0.15, 0.2) is 24.4 Å². The molecule has 2 amide bonds. The minimum Gasteiger partial charge on any atom is -0.314 e. The molecule has 124 valence electrons. The maximum Gasteiger partial charge on any atom is 0.242 e. The van der Waals surface area contributed by atoms with E-state index in [1.165, 1.54) is 17.0 Å². The van der Waals surface area contributed by atoms with Gasteiger partial charge in [-0.2, -0.15) is 5.10 Å². The van der Waals surface area contributed by atoms with Crippen LogP contribution >= 0.6 is 0 Å². The molecule has 4 rings (SSSR count). The van der Waals surface area contributed by atoms with Gasteiger partial charge in [-0.15, -0.1) is 0 Å². The molecule has 1 spiro atoms. The van der Waals surface area contributed by atoms with Gasteiger partial charge in [0.05, 0.1) is 6.20 Å². The summed E-state index contributed by atoms with van der Waals surface area (Å²) in [5.74, 6) is -0.425. The lowest BCUT2D eigenvalue weighted by Crippen LogP contribution is -2.45. The van der Waals surface area contributed by atoms with Gasteiger partial charge in [0.1, 0.15) is 17.1 Å². The van der Waals surface area contributed by atoms with E-state index < -0.39 is 11.2 Å². The number of aromatic nitrogens is 2. The summed E-state index contributed by atoms with van der Waals surface area (Å²) < 4.78 is 15.6. The van der Waals surface area contributed by atoms with Gasteiger partial charge in [-0.25, -0.2) is 9.07 Å². The van der Waals surface area contributed by atoms with Crippen LogP contribution in [0.3, 0.4) is 0 Å².